The van der Waals surface area contributed by atoms with E-state index in [0.29, 0.717) is 12.1 Å². The Morgan fingerprint density at radius 1 is 0.909 bits per heavy atom. The molecule has 0 bridgehead atoms. The van der Waals surface area contributed by atoms with Gasteiger partial charge in [-0.25, -0.2) is 0 Å². The lowest BCUT2D eigenvalue weighted by atomic mass is 10.1. The van der Waals surface area contributed by atoms with Crippen LogP contribution in [-0.2, 0) is 6.42 Å². The summed E-state index contributed by atoms with van der Waals surface area (Å²) in [6.45, 7) is 4.60. The standard InChI is InChI=1S/C28H28N2O2S/c1-20-10-8-16-25(18-20)30-26(21(2)33-28(30)32)23-14-9-15-24(19-23)27(31)29-17-7-6-13-22-11-4-3-5-12-22/h3-5,8-12,14-16,18-19H,6-7,13,17H2,1-2H3,(H,29,31). The minimum absolute atomic E-state index is 0.0265. The second-order valence-corrected chi connectivity index (χ2v) is 9.39. The minimum Gasteiger partial charge on any atom is -0.352 e. The zero-order valence-corrected chi connectivity index (χ0v) is 19.8. The van der Waals surface area contributed by atoms with Crippen molar-refractivity contribution >= 4 is 17.2 Å². The molecule has 0 fully saturated rings. The first-order valence-electron chi connectivity index (χ1n) is 11.2. The molecule has 168 valence electrons. The lowest BCUT2D eigenvalue weighted by molar-refractivity contribution is 0.0953. The van der Waals surface area contributed by atoms with Gasteiger partial charge in [-0.1, -0.05) is 65.9 Å². The average molecular weight is 457 g/mol. The topological polar surface area (TPSA) is 51.1 Å². The summed E-state index contributed by atoms with van der Waals surface area (Å²) in [6, 6.07) is 25.8. The highest BCUT2D eigenvalue weighted by Crippen LogP contribution is 2.29. The van der Waals surface area contributed by atoms with Gasteiger partial charge in [0.25, 0.3) is 5.91 Å². The predicted molar refractivity (Wildman–Crippen MR) is 137 cm³/mol. The van der Waals surface area contributed by atoms with Gasteiger partial charge in [-0.15, -0.1) is 0 Å². The molecule has 0 unspecified atom stereocenters. The number of carbonyl (C=O) groups is 1. The Morgan fingerprint density at radius 3 is 2.48 bits per heavy atom. The van der Waals surface area contributed by atoms with E-state index in [-0.39, 0.29) is 10.8 Å². The highest BCUT2D eigenvalue weighted by Gasteiger charge is 2.17. The first-order valence-corrected chi connectivity index (χ1v) is 12.1. The number of unbranched alkanes of at least 4 members (excludes halogenated alkanes) is 1. The van der Waals surface area contributed by atoms with Crippen LogP contribution in [-0.4, -0.2) is 17.0 Å². The number of nitrogens with zero attached hydrogens (tertiary/aromatic N) is 1. The molecule has 4 nitrogen and oxygen atoms in total. The van der Waals surface area contributed by atoms with Crippen molar-refractivity contribution < 1.29 is 4.79 Å². The van der Waals surface area contributed by atoms with E-state index in [1.54, 1.807) is 4.57 Å². The summed E-state index contributed by atoms with van der Waals surface area (Å²) in [4.78, 5) is 26.5. The molecule has 0 aliphatic carbocycles. The van der Waals surface area contributed by atoms with Crippen LogP contribution in [0, 0.1) is 13.8 Å². The van der Waals surface area contributed by atoms with Crippen molar-refractivity contribution in [1.29, 1.82) is 0 Å². The molecule has 0 radical (unpaired) electrons. The van der Waals surface area contributed by atoms with Crippen molar-refractivity contribution in [1.82, 2.24) is 9.88 Å². The van der Waals surface area contributed by atoms with Crippen LogP contribution in [0.3, 0.4) is 0 Å². The lowest BCUT2D eigenvalue weighted by Crippen LogP contribution is -2.24. The zero-order chi connectivity index (χ0) is 23.2. The molecule has 1 aromatic heterocycles. The van der Waals surface area contributed by atoms with Crippen molar-refractivity contribution in [3.63, 3.8) is 0 Å². The number of rotatable bonds is 8. The SMILES string of the molecule is Cc1cccc(-n2c(-c3cccc(C(=O)NCCCCc4ccccc4)c3)c(C)sc2=O)c1. The highest BCUT2D eigenvalue weighted by molar-refractivity contribution is 7.09. The summed E-state index contributed by atoms with van der Waals surface area (Å²) < 4.78 is 1.74. The summed E-state index contributed by atoms with van der Waals surface area (Å²) in [5, 5.41) is 3.03. The molecule has 3 aromatic carbocycles. The van der Waals surface area contributed by atoms with Crippen LogP contribution >= 0.6 is 11.3 Å². The Kier molecular flexibility index (Phi) is 7.20. The summed E-state index contributed by atoms with van der Waals surface area (Å²) in [5.74, 6) is -0.0890. The van der Waals surface area contributed by atoms with Gasteiger partial charge >= 0.3 is 4.87 Å². The monoisotopic (exact) mass is 456 g/mol. The van der Waals surface area contributed by atoms with E-state index in [1.165, 1.54) is 16.9 Å². The molecule has 1 amide bonds. The van der Waals surface area contributed by atoms with Gasteiger partial charge in [-0.3, -0.25) is 14.2 Å². The van der Waals surface area contributed by atoms with Crippen LogP contribution in [0.5, 0.6) is 0 Å². The highest BCUT2D eigenvalue weighted by atomic mass is 32.1. The van der Waals surface area contributed by atoms with Gasteiger partial charge in [-0.2, -0.15) is 0 Å². The average Bonchev–Trinajstić information content (AvgIpc) is 3.13. The van der Waals surface area contributed by atoms with Crippen LogP contribution in [0.2, 0.25) is 0 Å². The smallest absolute Gasteiger partial charge is 0.312 e. The molecule has 0 aliphatic heterocycles. The van der Waals surface area contributed by atoms with Gasteiger partial charge in [0.2, 0.25) is 0 Å². The van der Waals surface area contributed by atoms with Crippen molar-refractivity contribution in [2.75, 3.05) is 6.54 Å². The Morgan fingerprint density at radius 2 is 1.70 bits per heavy atom. The summed E-state index contributed by atoms with van der Waals surface area (Å²) in [5.41, 5.74) is 5.56. The molecule has 0 spiro atoms. The molecule has 33 heavy (non-hydrogen) atoms. The molecule has 0 aliphatic rings. The minimum atomic E-state index is -0.0890. The molecule has 4 rings (SSSR count). The molecule has 0 saturated heterocycles. The van der Waals surface area contributed by atoms with Crippen LogP contribution in [0.15, 0.2) is 83.7 Å². The van der Waals surface area contributed by atoms with E-state index in [0.717, 1.165) is 46.6 Å². The van der Waals surface area contributed by atoms with Gasteiger partial charge in [0.1, 0.15) is 0 Å². The molecule has 0 atom stereocenters. The van der Waals surface area contributed by atoms with Crippen LogP contribution < -0.4 is 10.2 Å². The number of aryl methyl sites for hydroxylation is 3. The van der Waals surface area contributed by atoms with Gasteiger partial charge in [-0.05, 0) is 68.5 Å². The number of amides is 1. The number of nitrogens with one attached hydrogen (secondary N) is 1. The number of hydrogen-bond acceptors (Lipinski definition) is 3. The Labute approximate surface area is 198 Å². The summed E-state index contributed by atoms with van der Waals surface area (Å²) in [6.07, 6.45) is 2.97. The zero-order valence-electron chi connectivity index (χ0n) is 19.0. The van der Waals surface area contributed by atoms with Crippen molar-refractivity contribution in [3.8, 4) is 16.9 Å². The van der Waals surface area contributed by atoms with Gasteiger partial charge in [0, 0.05) is 22.5 Å². The lowest BCUT2D eigenvalue weighted by Gasteiger charge is -2.11. The number of benzene rings is 3. The third-order valence-electron chi connectivity index (χ3n) is 5.66. The van der Waals surface area contributed by atoms with E-state index in [2.05, 4.69) is 29.6 Å². The maximum atomic E-state index is 12.8. The third kappa shape index (κ3) is 5.49. The van der Waals surface area contributed by atoms with E-state index < -0.39 is 0 Å². The largest absolute Gasteiger partial charge is 0.352 e. The molecule has 1 N–H and O–H groups in total. The second kappa shape index (κ2) is 10.5. The van der Waals surface area contributed by atoms with E-state index in [9.17, 15) is 9.59 Å². The molecular formula is C28H28N2O2S. The third-order valence-corrected chi connectivity index (χ3v) is 6.52. The van der Waals surface area contributed by atoms with E-state index in [1.807, 2.05) is 68.4 Å². The van der Waals surface area contributed by atoms with Crippen LogP contribution in [0.1, 0.15) is 39.2 Å². The molecule has 1 heterocycles. The van der Waals surface area contributed by atoms with Gasteiger partial charge < -0.3 is 5.32 Å². The fourth-order valence-corrected chi connectivity index (χ4v) is 4.87. The maximum absolute atomic E-state index is 12.8. The number of hydrogen-bond donors (Lipinski definition) is 1. The quantitative estimate of drug-likeness (QED) is 0.334. The van der Waals surface area contributed by atoms with Crippen LogP contribution in [0.4, 0.5) is 0 Å². The normalized spacial score (nSPS) is 10.8. The van der Waals surface area contributed by atoms with Gasteiger partial charge in [0.05, 0.1) is 11.4 Å². The fraction of sp³-hybridized carbons (Fsp3) is 0.214. The van der Waals surface area contributed by atoms with Crippen molar-refractivity contribution in [3.05, 3.63) is 110 Å². The second-order valence-electron chi connectivity index (χ2n) is 8.23. The fourth-order valence-electron chi connectivity index (χ4n) is 4.02. The van der Waals surface area contributed by atoms with Crippen LogP contribution in [0.25, 0.3) is 16.9 Å². The number of carbonyl (C=O) groups excluding carboxylic acids is 1. The van der Waals surface area contributed by atoms with Crippen molar-refractivity contribution in [2.24, 2.45) is 0 Å². The predicted octanol–water partition coefficient (Wildman–Crippen LogP) is 5.94. The Hall–Kier alpha value is -3.44. The maximum Gasteiger partial charge on any atom is 0.312 e. The number of aromatic nitrogens is 1. The Bertz CT molecular complexity index is 1300. The first-order chi connectivity index (χ1) is 16.0. The molecular weight excluding hydrogens is 428 g/mol. The van der Waals surface area contributed by atoms with E-state index >= 15 is 0 Å². The number of thiazole rings is 1. The Balaban J connectivity index is 1.47. The summed E-state index contributed by atoms with van der Waals surface area (Å²) >= 11 is 1.23. The molecule has 5 heteroatoms. The molecule has 4 aromatic rings. The van der Waals surface area contributed by atoms with Gasteiger partial charge in [0.15, 0.2) is 0 Å². The van der Waals surface area contributed by atoms with Crippen molar-refractivity contribution in [2.45, 2.75) is 33.1 Å². The van der Waals surface area contributed by atoms with E-state index in [4.69, 9.17) is 0 Å². The molecule has 0 saturated carbocycles. The first kappa shape index (κ1) is 22.7. The summed E-state index contributed by atoms with van der Waals surface area (Å²) in [7, 11) is 0.